The number of carbonyl (C=O) groups is 1. The molecule has 0 aromatic carbocycles. The summed E-state index contributed by atoms with van der Waals surface area (Å²) >= 11 is 0. The van der Waals surface area contributed by atoms with Gasteiger partial charge in [-0.1, -0.05) is 12.6 Å². The van der Waals surface area contributed by atoms with E-state index in [-0.39, 0.29) is 24.5 Å². The van der Waals surface area contributed by atoms with Crippen molar-refractivity contribution in [3.05, 3.63) is 12.2 Å². The number of primary amides is 1. The largest absolute Gasteiger partial charge is 0.397 e. The molecule has 9 heteroatoms. The molecular weight excluding hydrogens is 370 g/mol. The zero-order chi connectivity index (χ0) is 19.7. The van der Waals surface area contributed by atoms with E-state index < -0.39 is 28.6 Å². The van der Waals surface area contributed by atoms with E-state index in [2.05, 4.69) is 45.9 Å². The number of aliphatic hydroxyl groups is 1. The predicted octanol–water partition coefficient (Wildman–Crippen LogP) is 2.29. The third-order valence-electron chi connectivity index (χ3n) is 2.84. The molecule has 0 aliphatic carbocycles. The van der Waals surface area contributed by atoms with Gasteiger partial charge in [-0.05, 0) is 45.7 Å². The van der Waals surface area contributed by atoms with Crippen molar-refractivity contribution in [2.45, 2.75) is 70.2 Å². The minimum absolute atomic E-state index is 0.109. The molecule has 1 amide bonds. The Balaban J connectivity index is 4.01. The number of rotatable bonds is 14. The summed E-state index contributed by atoms with van der Waals surface area (Å²) in [6, 6.07) is 0.962. The highest BCUT2D eigenvalue weighted by Crippen LogP contribution is 2.15. The van der Waals surface area contributed by atoms with Gasteiger partial charge in [0.1, 0.15) is 15.4 Å². The van der Waals surface area contributed by atoms with Gasteiger partial charge in [0.15, 0.2) is 16.6 Å². The van der Waals surface area contributed by atoms with E-state index in [9.17, 15) is 9.90 Å². The molecular formula is C16H35NO5Si3. The second kappa shape index (κ2) is 11.4. The van der Waals surface area contributed by atoms with Crippen LogP contribution in [0.4, 0.5) is 0 Å². The lowest BCUT2D eigenvalue weighted by molar-refractivity contribution is -0.115. The van der Waals surface area contributed by atoms with E-state index in [1.807, 2.05) is 0 Å². The molecule has 6 nitrogen and oxygen atoms in total. The molecule has 0 aromatic heterocycles. The Morgan fingerprint density at radius 1 is 1.16 bits per heavy atom. The minimum Gasteiger partial charge on any atom is -0.397 e. The number of aliphatic hydroxyl groups excluding tert-OH is 1. The molecule has 25 heavy (non-hydrogen) atoms. The number of amides is 1. The number of hydrogen-bond acceptors (Lipinski definition) is 5. The first-order valence-electron chi connectivity index (χ1n) is 8.62. The smallest absolute Gasteiger partial charge is 0.244 e. The van der Waals surface area contributed by atoms with Crippen molar-refractivity contribution in [2.24, 2.45) is 5.73 Å². The molecule has 0 rings (SSSR count). The van der Waals surface area contributed by atoms with Crippen LogP contribution in [0.25, 0.3) is 0 Å². The van der Waals surface area contributed by atoms with Gasteiger partial charge in [0.2, 0.25) is 5.91 Å². The van der Waals surface area contributed by atoms with Gasteiger partial charge in [0.25, 0.3) is 0 Å². The van der Waals surface area contributed by atoms with E-state index in [0.717, 1.165) is 12.5 Å². The lowest BCUT2D eigenvalue weighted by Crippen LogP contribution is -2.43. The monoisotopic (exact) mass is 405 g/mol. The second-order valence-corrected chi connectivity index (χ2v) is 18.3. The fourth-order valence-corrected chi connectivity index (χ4v) is 6.66. The zero-order valence-electron chi connectivity index (χ0n) is 16.6. The molecule has 0 saturated carbocycles. The van der Waals surface area contributed by atoms with Gasteiger partial charge in [-0.25, -0.2) is 0 Å². The fourth-order valence-electron chi connectivity index (χ4n) is 1.81. The average molecular weight is 406 g/mol. The molecule has 0 aliphatic rings. The molecule has 0 aliphatic heterocycles. The molecule has 146 valence electrons. The van der Waals surface area contributed by atoms with E-state index in [1.54, 1.807) is 0 Å². The highest BCUT2D eigenvalue weighted by atomic mass is 28.4. The Bertz CT molecular complexity index is 405. The first kappa shape index (κ1) is 24.7. The maximum Gasteiger partial charge on any atom is 0.244 e. The number of carbonyl (C=O) groups excluding carboxylic acids is 1. The average Bonchev–Trinajstić information content (AvgIpc) is 2.38. The van der Waals surface area contributed by atoms with Crippen molar-refractivity contribution in [3.8, 4) is 0 Å². The molecule has 0 heterocycles. The second-order valence-electron chi connectivity index (χ2n) is 8.00. The van der Waals surface area contributed by atoms with Crippen LogP contribution in [0.2, 0.25) is 45.3 Å². The van der Waals surface area contributed by atoms with Gasteiger partial charge in [0, 0.05) is 18.6 Å². The lowest BCUT2D eigenvalue weighted by Gasteiger charge is -2.31. The van der Waals surface area contributed by atoms with Crippen LogP contribution in [0.3, 0.4) is 0 Å². The molecule has 0 bridgehead atoms. The van der Waals surface area contributed by atoms with Crippen molar-refractivity contribution < 1.29 is 23.5 Å². The standard InChI is InChI=1S/C16H35NO5Si3/c1-13(15(17)19)11-14(18)12-20-9-8-10-23-16(21-24(2,3)4)22-25(5,6)7/h14,16,18H,1,8-12H2,2-7H3,(H2,17,19). The van der Waals surface area contributed by atoms with Crippen molar-refractivity contribution in [1.82, 2.24) is 0 Å². The quantitative estimate of drug-likeness (QED) is 0.200. The van der Waals surface area contributed by atoms with Crippen molar-refractivity contribution >= 4 is 32.1 Å². The Labute approximate surface area is 157 Å². The summed E-state index contributed by atoms with van der Waals surface area (Å²) in [5, 5.41) is 9.75. The molecule has 3 N–H and O–H groups in total. The Morgan fingerprint density at radius 2 is 1.68 bits per heavy atom. The number of nitrogens with two attached hydrogens (primary N) is 1. The SMILES string of the molecule is C=C(CC(O)COCCC[Si]C(O[Si](C)(C)C)O[Si](C)(C)C)C(N)=O. The van der Waals surface area contributed by atoms with Gasteiger partial charge in [0.05, 0.1) is 12.7 Å². The molecule has 1 atom stereocenters. The van der Waals surface area contributed by atoms with Crippen LogP contribution in [0.1, 0.15) is 12.8 Å². The number of ether oxygens (including phenoxy) is 1. The fraction of sp³-hybridized carbons (Fsp3) is 0.812. The Hall–Kier alpha value is -0.299. The van der Waals surface area contributed by atoms with Crippen LogP contribution in [0, 0.1) is 0 Å². The Morgan fingerprint density at radius 3 is 2.12 bits per heavy atom. The molecule has 0 saturated heterocycles. The summed E-state index contributed by atoms with van der Waals surface area (Å²) in [6.07, 6.45) is 0.274. The number of hydrogen-bond donors (Lipinski definition) is 2. The van der Waals surface area contributed by atoms with Gasteiger partial charge < -0.3 is 24.4 Å². The van der Waals surface area contributed by atoms with Crippen molar-refractivity contribution in [2.75, 3.05) is 13.2 Å². The van der Waals surface area contributed by atoms with Gasteiger partial charge in [-0.2, -0.15) is 0 Å². The van der Waals surface area contributed by atoms with Crippen LogP contribution >= 0.6 is 0 Å². The summed E-state index contributed by atoms with van der Waals surface area (Å²) < 4.78 is 17.8. The predicted molar refractivity (Wildman–Crippen MR) is 108 cm³/mol. The van der Waals surface area contributed by atoms with E-state index in [1.165, 1.54) is 0 Å². The van der Waals surface area contributed by atoms with Crippen LogP contribution in [-0.4, -0.2) is 62.4 Å². The highest BCUT2D eigenvalue weighted by Gasteiger charge is 2.26. The third-order valence-corrected chi connectivity index (χ3v) is 6.36. The summed E-state index contributed by atoms with van der Waals surface area (Å²) in [7, 11) is -2.71. The first-order chi connectivity index (χ1) is 11.3. The summed E-state index contributed by atoms with van der Waals surface area (Å²) in [4.78, 5) is 10.9. The van der Waals surface area contributed by atoms with E-state index in [0.29, 0.717) is 16.1 Å². The van der Waals surface area contributed by atoms with Gasteiger partial charge in [-0.15, -0.1) is 0 Å². The van der Waals surface area contributed by atoms with Gasteiger partial charge >= 0.3 is 0 Å². The van der Waals surface area contributed by atoms with Crippen LogP contribution in [-0.2, 0) is 18.4 Å². The summed E-state index contributed by atoms with van der Waals surface area (Å²) in [6.45, 7) is 17.3. The topological polar surface area (TPSA) is 91.0 Å². The normalized spacial score (nSPS) is 13.9. The lowest BCUT2D eigenvalue weighted by atomic mass is 10.1. The van der Waals surface area contributed by atoms with Crippen LogP contribution < -0.4 is 5.73 Å². The summed E-state index contributed by atoms with van der Waals surface area (Å²) in [5.74, 6) is -0.695. The molecule has 0 fully saturated rings. The van der Waals surface area contributed by atoms with E-state index in [4.69, 9.17) is 19.3 Å². The molecule has 0 aromatic rings. The molecule has 1 unspecified atom stereocenters. The van der Waals surface area contributed by atoms with Crippen molar-refractivity contribution in [3.63, 3.8) is 0 Å². The van der Waals surface area contributed by atoms with Crippen LogP contribution in [0.15, 0.2) is 12.2 Å². The Kier molecular flexibility index (Phi) is 11.3. The van der Waals surface area contributed by atoms with E-state index >= 15 is 0 Å². The third kappa shape index (κ3) is 15.7. The minimum atomic E-state index is -1.64. The first-order valence-corrected chi connectivity index (χ1v) is 16.7. The zero-order valence-corrected chi connectivity index (χ0v) is 19.6. The highest BCUT2D eigenvalue weighted by molar-refractivity contribution is 6.71. The molecule has 2 radical (unpaired) electrons. The molecule has 0 spiro atoms. The maximum absolute atomic E-state index is 10.9. The summed E-state index contributed by atoms with van der Waals surface area (Å²) in [5.41, 5.74) is 5.30. The van der Waals surface area contributed by atoms with Crippen LogP contribution in [0.5, 0.6) is 0 Å². The van der Waals surface area contributed by atoms with Gasteiger partial charge in [-0.3, -0.25) is 4.79 Å². The van der Waals surface area contributed by atoms with Crippen molar-refractivity contribution in [1.29, 1.82) is 0 Å². The maximum atomic E-state index is 10.9.